The Labute approximate surface area is 107 Å². The summed E-state index contributed by atoms with van der Waals surface area (Å²) in [7, 11) is 0. The van der Waals surface area contributed by atoms with Crippen LogP contribution in [0.4, 0.5) is 5.69 Å². The molecule has 0 spiro atoms. The number of anilines is 1. The second kappa shape index (κ2) is 6.37. The van der Waals surface area contributed by atoms with E-state index in [1.54, 1.807) is 38.1 Å². The molecule has 0 radical (unpaired) electrons. The Hall–Kier alpha value is -1.59. The Morgan fingerprint density at radius 2 is 2.00 bits per heavy atom. The third-order valence-electron chi connectivity index (χ3n) is 2.26. The van der Waals surface area contributed by atoms with Gasteiger partial charge in [0.05, 0.1) is 12.2 Å². The van der Waals surface area contributed by atoms with E-state index in [0.717, 1.165) is 0 Å². The summed E-state index contributed by atoms with van der Waals surface area (Å²) >= 11 is 0. The van der Waals surface area contributed by atoms with Gasteiger partial charge in [-0.2, -0.15) is 0 Å². The van der Waals surface area contributed by atoms with E-state index in [4.69, 9.17) is 10.5 Å². The maximum Gasteiger partial charge on any atom is 0.338 e. The molecule has 0 aromatic heterocycles. The molecule has 5 heteroatoms. The molecule has 1 aromatic rings. The van der Waals surface area contributed by atoms with Crippen molar-refractivity contribution < 1.29 is 14.6 Å². The molecule has 0 saturated heterocycles. The SMILES string of the molecule is CC(C)(O)NCCCOC(=O)c1ccc(N)cc1. The number of nitrogens with one attached hydrogen (secondary N) is 1. The van der Waals surface area contributed by atoms with Crippen LogP contribution in [0.5, 0.6) is 0 Å². The van der Waals surface area contributed by atoms with Gasteiger partial charge in [-0.05, 0) is 44.5 Å². The number of nitrogens with two attached hydrogens (primary N) is 1. The standard InChI is InChI=1S/C13H20N2O3/c1-13(2,17)15-8-3-9-18-12(16)10-4-6-11(14)7-5-10/h4-7,15,17H,3,8-9,14H2,1-2H3. The molecule has 0 aliphatic heterocycles. The van der Waals surface area contributed by atoms with Crippen molar-refractivity contribution in [3.63, 3.8) is 0 Å². The molecule has 18 heavy (non-hydrogen) atoms. The van der Waals surface area contributed by atoms with Gasteiger partial charge in [-0.3, -0.25) is 5.32 Å². The predicted molar refractivity (Wildman–Crippen MR) is 70.1 cm³/mol. The normalized spacial score (nSPS) is 11.3. The monoisotopic (exact) mass is 252 g/mol. The van der Waals surface area contributed by atoms with Gasteiger partial charge in [0, 0.05) is 12.2 Å². The number of rotatable bonds is 6. The van der Waals surface area contributed by atoms with Gasteiger partial charge in [0.2, 0.25) is 0 Å². The van der Waals surface area contributed by atoms with Gasteiger partial charge in [0.1, 0.15) is 5.72 Å². The lowest BCUT2D eigenvalue weighted by Crippen LogP contribution is -2.39. The van der Waals surface area contributed by atoms with E-state index in [0.29, 0.717) is 30.8 Å². The average molecular weight is 252 g/mol. The lowest BCUT2D eigenvalue weighted by Gasteiger charge is -2.18. The molecule has 0 unspecified atom stereocenters. The van der Waals surface area contributed by atoms with Crippen LogP contribution >= 0.6 is 0 Å². The smallest absolute Gasteiger partial charge is 0.338 e. The van der Waals surface area contributed by atoms with Gasteiger partial charge in [-0.25, -0.2) is 4.79 Å². The van der Waals surface area contributed by atoms with Crippen LogP contribution in [0.2, 0.25) is 0 Å². The number of carbonyl (C=O) groups is 1. The molecule has 0 saturated carbocycles. The van der Waals surface area contributed by atoms with Crippen LogP contribution in [0.3, 0.4) is 0 Å². The summed E-state index contributed by atoms with van der Waals surface area (Å²) in [6.45, 7) is 4.21. The Balaban J connectivity index is 2.24. The van der Waals surface area contributed by atoms with E-state index in [-0.39, 0.29) is 5.97 Å². The number of hydrogen-bond donors (Lipinski definition) is 3. The fourth-order valence-electron chi connectivity index (χ4n) is 1.33. The number of nitrogen functional groups attached to an aromatic ring is 1. The van der Waals surface area contributed by atoms with Gasteiger partial charge in [-0.15, -0.1) is 0 Å². The number of hydrogen-bond acceptors (Lipinski definition) is 5. The Morgan fingerprint density at radius 1 is 1.39 bits per heavy atom. The largest absolute Gasteiger partial charge is 0.462 e. The van der Waals surface area contributed by atoms with Crippen molar-refractivity contribution in [2.75, 3.05) is 18.9 Å². The molecule has 0 bridgehead atoms. The zero-order chi connectivity index (χ0) is 13.6. The second-order valence-electron chi connectivity index (χ2n) is 4.60. The number of ether oxygens (including phenoxy) is 1. The molecule has 0 aliphatic carbocycles. The van der Waals surface area contributed by atoms with Crippen molar-refractivity contribution >= 4 is 11.7 Å². The van der Waals surface area contributed by atoms with Gasteiger partial charge >= 0.3 is 5.97 Å². The highest BCUT2D eigenvalue weighted by Gasteiger charge is 2.10. The molecular weight excluding hydrogens is 232 g/mol. The molecule has 1 rings (SSSR count). The summed E-state index contributed by atoms with van der Waals surface area (Å²) in [6.07, 6.45) is 0.644. The van der Waals surface area contributed by atoms with E-state index in [1.165, 1.54) is 0 Å². The highest BCUT2D eigenvalue weighted by atomic mass is 16.5. The van der Waals surface area contributed by atoms with Crippen LogP contribution in [0, 0.1) is 0 Å². The van der Waals surface area contributed by atoms with Crippen molar-refractivity contribution in [2.24, 2.45) is 0 Å². The Morgan fingerprint density at radius 3 is 2.56 bits per heavy atom. The summed E-state index contributed by atoms with van der Waals surface area (Å²) in [5.41, 5.74) is 5.72. The van der Waals surface area contributed by atoms with Crippen LogP contribution in [-0.2, 0) is 4.74 Å². The lowest BCUT2D eigenvalue weighted by molar-refractivity contribution is 0.0376. The summed E-state index contributed by atoms with van der Waals surface area (Å²) in [6, 6.07) is 6.58. The summed E-state index contributed by atoms with van der Waals surface area (Å²) < 4.78 is 5.08. The van der Waals surface area contributed by atoms with Crippen LogP contribution in [0.25, 0.3) is 0 Å². The van der Waals surface area contributed by atoms with Crippen molar-refractivity contribution in [3.8, 4) is 0 Å². The lowest BCUT2D eigenvalue weighted by atomic mass is 10.2. The molecule has 0 fully saturated rings. The minimum atomic E-state index is -0.902. The first-order valence-electron chi connectivity index (χ1n) is 5.88. The van der Waals surface area contributed by atoms with Gasteiger partial charge in [0.25, 0.3) is 0 Å². The fraction of sp³-hybridized carbons (Fsp3) is 0.462. The van der Waals surface area contributed by atoms with E-state index in [2.05, 4.69) is 5.32 Å². The number of benzene rings is 1. The Bertz CT molecular complexity index is 382. The van der Waals surface area contributed by atoms with E-state index >= 15 is 0 Å². The maximum atomic E-state index is 11.6. The minimum absolute atomic E-state index is 0.312. The first-order chi connectivity index (χ1) is 8.38. The molecule has 100 valence electrons. The Kier molecular flexibility index (Phi) is 5.12. The molecule has 0 aliphatic rings. The summed E-state index contributed by atoms with van der Waals surface area (Å²) in [4.78, 5) is 11.6. The number of aliphatic hydroxyl groups is 1. The van der Waals surface area contributed by atoms with Crippen LogP contribution in [0.1, 0.15) is 30.6 Å². The van der Waals surface area contributed by atoms with Crippen LogP contribution in [-0.4, -0.2) is 30.0 Å². The number of esters is 1. The first kappa shape index (κ1) is 14.5. The third kappa shape index (κ3) is 5.65. The van der Waals surface area contributed by atoms with Crippen LogP contribution < -0.4 is 11.1 Å². The number of carbonyl (C=O) groups excluding carboxylic acids is 1. The molecule has 4 N–H and O–H groups in total. The zero-order valence-corrected chi connectivity index (χ0v) is 10.8. The van der Waals surface area contributed by atoms with E-state index in [1.807, 2.05) is 0 Å². The molecule has 0 amide bonds. The van der Waals surface area contributed by atoms with E-state index < -0.39 is 5.72 Å². The molecule has 5 nitrogen and oxygen atoms in total. The van der Waals surface area contributed by atoms with Crippen molar-refractivity contribution in [3.05, 3.63) is 29.8 Å². The van der Waals surface area contributed by atoms with Gasteiger partial charge < -0.3 is 15.6 Å². The highest BCUT2D eigenvalue weighted by molar-refractivity contribution is 5.89. The van der Waals surface area contributed by atoms with Gasteiger partial charge in [-0.1, -0.05) is 0 Å². The fourth-order valence-corrected chi connectivity index (χ4v) is 1.33. The molecular formula is C13H20N2O3. The quantitative estimate of drug-likeness (QED) is 0.306. The zero-order valence-electron chi connectivity index (χ0n) is 10.8. The molecule has 1 aromatic carbocycles. The topological polar surface area (TPSA) is 84.6 Å². The highest BCUT2D eigenvalue weighted by Crippen LogP contribution is 2.07. The van der Waals surface area contributed by atoms with Crippen LogP contribution in [0.15, 0.2) is 24.3 Å². The van der Waals surface area contributed by atoms with Crippen molar-refractivity contribution in [1.82, 2.24) is 5.32 Å². The van der Waals surface area contributed by atoms with E-state index in [9.17, 15) is 9.90 Å². The molecule has 0 atom stereocenters. The average Bonchev–Trinajstić information content (AvgIpc) is 2.27. The first-order valence-corrected chi connectivity index (χ1v) is 5.88. The minimum Gasteiger partial charge on any atom is -0.462 e. The van der Waals surface area contributed by atoms with Crippen molar-refractivity contribution in [1.29, 1.82) is 0 Å². The summed E-state index contributed by atoms with van der Waals surface area (Å²) in [5, 5.41) is 12.3. The molecule has 0 heterocycles. The predicted octanol–water partition coefficient (Wildman–Crippen LogP) is 1.13. The second-order valence-corrected chi connectivity index (χ2v) is 4.60. The van der Waals surface area contributed by atoms with Crippen molar-refractivity contribution in [2.45, 2.75) is 26.0 Å². The van der Waals surface area contributed by atoms with Gasteiger partial charge in [0.15, 0.2) is 0 Å². The third-order valence-corrected chi connectivity index (χ3v) is 2.26. The summed E-state index contributed by atoms with van der Waals surface area (Å²) in [5.74, 6) is -0.363. The maximum absolute atomic E-state index is 11.6.